The minimum absolute atomic E-state index is 0.683. The van der Waals surface area contributed by atoms with Gasteiger partial charge in [0.2, 0.25) is 0 Å². The number of piperazine rings is 1. The Kier molecular flexibility index (Phi) is 4.44. The van der Waals surface area contributed by atoms with Gasteiger partial charge in [0.05, 0.1) is 12.8 Å². The van der Waals surface area contributed by atoms with Crippen LogP contribution in [-0.2, 0) is 0 Å². The Morgan fingerprint density at radius 2 is 1.65 bits per heavy atom. The van der Waals surface area contributed by atoms with Gasteiger partial charge in [-0.05, 0) is 54.9 Å². The van der Waals surface area contributed by atoms with E-state index in [1.54, 1.807) is 7.11 Å². The Labute approximate surface area is 138 Å². The number of anilines is 2. The van der Waals surface area contributed by atoms with Crippen molar-refractivity contribution in [3.63, 3.8) is 0 Å². The number of methoxy groups -OCH3 is 1. The van der Waals surface area contributed by atoms with Crippen molar-refractivity contribution in [2.24, 2.45) is 0 Å². The maximum atomic E-state index is 5.98. The average molecular weight is 311 g/mol. The van der Waals surface area contributed by atoms with Gasteiger partial charge in [0.25, 0.3) is 0 Å². The van der Waals surface area contributed by atoms with E-state index < -0.39 is 0 Å². The molecule has 1 aliphatic rings. The molecule has 2 aromatic carbocycles. The zero-order chi connectivity index (χ0) is 16.4. The molecule has 3 rings (SSSR count). The SMILES string of the molecule is COc1cc(-c2ccc(N3CCN(C)CC3)cc2)c(C)cc1N. The minimum atomic E-state index is 0.683. The van der Waals surface area contributed by atoms with Gasteiger partial charge in [-0.3, -0.25) is 0 Å². The second-order valence-corrected chi connectivity index (χ2v) is 6.25. The highest BCUT2D eigenvalue weighted by Gasteiger charge is 2.14. The molecule has 122 valence electrons. The molecular weight excluding hydrogens is 286 g/mol. The highest BCUT2D eigenvalue weighted by molar-refractivity contribution is 5.74. The lowest BCUT2D eigenvalue weighted by molar-refractivity contribution is 0.313. The molecule has 0 amide bonds. The van der Waals surface area contributed by atoms with E-state index in [0.717, 1.165) is 37.5 Å². The number of ether oxygens (including phenoxy) is 1. The molecule has 0 atom stereocenters. The fourth-order valence-electron chi connectivity index (χ4n) is 3.11. The third-order valence-electron chi connectivity index (χ3n) is 4.62. The molecule has 0 aliphatic carbocycles. The lowest BCUT2D eigenvalue weighted by Gasteiger charge is -2.34. The van der Waals surface area contributed by atoms with Gasteiger partial charge in [0.15, 0.2) is 0 Å². The molecule has 1 saturated heterocycles. The highest BCUT2D eigenvalue weighted by Crippen LogP contribution is 2.33. The number of hydrogen-bond donors (Lipinski definition) is 1. The lowest BCUT2D eigenvalue weighted by atomic mass is 9.99. The van der Waals surface area contributed by atoms with Crippen LogP contribution in [0.2, 0.25) is 0 Å². The molecule has 0 aromatic heterocycles. The number of hydrogen-bond acceptors (Lipinski definition) is 4. The van der Waals surface area contributed by atoms with E-state index in [1.165, 1.54) is 16.8 Å². The largest absolute Gasteiger partial charge is 0.495 e. The first-order valence-electron chi connectivity index (χ1n) is 8.06. The monoisotopic (exact) mass is 311 g/mol. The number of nitrogens with zero attached hydrogens (tertiary/aromatic N) is 2. The Bertz CT molecular complexity index is 674. The second-order valence-electron chi connectivity index (χ2n) is 6.25. The summed E-state index contributed by atoms with van der Waals surface area (Å²) in [5.74, 6) is 0.730. The van der Waals surface area contributed by atoms with Crippen molar-refractivity contribution in [1.82, 2.24) is 4.90 Å². The molecule has 2 aromatic rings. The quantitative estimate of drug-likeness (QED) is 0.885. The minimum Gasteiger partial charge on any atom is -0.495 e. The van der Waals surface area contributed by atoms with Crippen molar-refractivity contribution in [2.75, 3.05) is 51.0 Å². The van der Waals surface area contributed by atoms with Gasteiger partial charge in [-0.15, -0.1) is 0 Å². The van der Waals surface area contributed by atoms with Crippen LogP contribution >= 0.6 is 0 Å². The van der Waals surface area contributed by atoms with Crippen LogP contribution in [0.15, 0.2) is 36.4 Å². The second kappa shape index (κ2) is 6.50. The van der Waals surface area contributed by atoms with Crippen LogP contribution < -0.4 is 15.4 Å². The normalized spacial score (nSPS) is 15.7. The predicted molar refractivity (Wildman–Crippen MR) is 97.3 cm³/mol. The molecule has 1 fully saturated rings. The van der Waals surface area contributed by atoms with E-state index in [1.807, 2.05) is 12.1 Å². The summed E-state index contributed by atoms with van der Waals surface area (Å²) in [6.45, 7) is 6.50. The molecule has 4 heteroatoms. The topological polar surface area (TPSA) is 41.7 Å². The molecule has 4 nitrogen and oxygen atoms in total. The first kappa shape index (κ1) is 15.7. The number of benzene rings is 2. The van der Waals surface area contributed by atoms with Crippen LogP contribution in [0.4, 0.5) is 11.4 Å². The molecule has 0 spiro atoms. The predicted octanol–water partition coefficient (Wildman–Crippen LogP) is 3.00. The fraction of sp³-hybridized carbons (Fsp3) is 0.368. The van der Waals surface area contributed by atoms with Crippen LogP contribution in [0.3, 0.4) is 0 Å². The maximum Gasteiger partial charge on any atom is 0.142 e. The summed E-state index contributed by atoms with van der Waals surface area (Å²) in [6.07, 6.45) is 0. The van der Waals surface area contributed by atoms with Crippen LogP contribution in [-0.4, -0.2) is 45.2 Å². The number of nitrogens with two attached hydrogens (primary N) is 1. The van der Waals surface area contributed by atoms with Crippen LogP contribution in [0.5, 0.6) is 5.75 Å². The lowest BCUT2D eigenvalue weighted by Crippen LogP contribution is -2.44. The van der Waals surface area contributed by atoms with Gasteiger partial charge in [-0.25, -0.2) is 0 Å². The third kappa shape index (κ3) is 3.27. The van der Waals surface area contributed by atoms with Gasteiger partial charge < -0.3 is 20.3 Å². The average Bonchev–Trinajstić information content (AvgIpc) is 2.56. The third-order valence-corrected chi connectivity index (χ3v) is 4.62. The first-order valence-corrected chi connectivity index (χ1v) is 8.06. The van der Waals surface area contributed by atoms with E-state index in [-0.39, 0.29) is 0 Å². The molecule has 0 saturated carbocycles. The maximum absolute atomic E-state index is 5.98. The van der Waals surface area contributed by atoms with Crippen molar-refractivity contribution in [2.45, 2.75) is 6.92 Å². The van der Waals surface area contributed by atoms with Gasteiger partial charge >= 0.3 is 0 Å². The molecule has 0 unspecified atom stereocenters. The van der Waals surface area contributed by atoms with Crippen LogP contribution in [0.25, 0.3) is 11.1 Å². The Morgan fingerprint density at radius 3 is 2.26 bits per heavy atom. The summed E-state index contributed by atoms with van der Waals surface area (Å²) in [6, 6.07) is 12.8. The Hall–Kier alpha value is -2.20. The molecule has 1 heterocycles. The summed E-state index contributed by atoms with van der Waals surface area (Å²) >= 11 is 0. The molecule has 23 heavy (non-hydrogen) atoms. The first-order chi connectivity index (χ1) is 11.1. The zero-order valence-electron chi connectivity index (χ0n) is 14.2. The number of rotatable bonds is 3. The summed E-state index contributed by atoms with van der Waals surface area (Å²) < 4.78 is 5.35. The number of likely N-dealkylation sites (N-methyl/N-ethyl adjacent to an activating group) is 1. The number of aryl methyl sites for hydroxylation is 1. The van der Waals surface area contributed by atoms with E-state index in [9.17, 15) is 0 Å². The van der Waals surface area contributed by atoms with Crippen molar-refractivity contribution in [3.8, 4) is 16.9 Å². The molecule has 1 aliphatic heterocycles. The van der Waals surface area contributed by atoms with Gasteiger partial charge in [-0.1, -0.05) is 12.1 Å². The van der Waals surface area contributed by atoms with Crippen LogP contribution in [0, 0.1) is 6.92 Å². The van der Waals surface area contributed by atoms with E-state index >= 15 is 0 Å². The summed E-state index contributed by atoms with van der Waals surface area (Å²) in [7, 11) is 3.83. The van der Waals surface area contributed by atoms with Gasteiger partial charge in [-0.2, -0.15) is 0 Å². The van der Waals surface area contributed by atoms with Gasteiger partial charge in [0.1, 0.15) is 5.75 Å². The summed E-state index contributed by atoms with van der Waals surface area (Å²) in [5.41, 5.74) is 11.5. The number of nitrogen functional groups attached to an aromatic ring is 1. The smallest absolute Gasteiger partial charge is 0.142 e. The highest BCUT2D eigenvalue weighted by atomic mass is 16.5. The summed E-state index contributed by atoms with van der Waals surface area (Å²) in [5, 5.41) is 0. The molecular formula is C19H25N3O. The van der Waals surface area contributed by atoms with Crippen LogP contribution in [0.1, 0.15) is 5.56 Å². The Balaban J connectivity index is 1.85. The van der Waals surface area contributed by atoms with Gasteiger partial charge in [0, 0.05) is 31.9 Å². The van der Waals surface area contributed by atoms with Crippen molar-refractivity contribution in [1.29, 1.82) is 0 Å². The van der Waals surface area contributed by atoms with E-state index in [4.69, 9.17) is 10.5 Å². The molecule has 2 N–H and O–H groups in total. The molecule has 0 radical (unpaired) electrons. The van der Waals surface area contributed by atoms with E-state index in [2.05, 4.69) is 48.0 Å². The van der Waals surface area contributed by atoms with Crippen molar-refractivity contribution < 1.29 is 4.74 Å². The fourth-order valence-corrected chi connectivity index (χ4v) is 3.11. The van der Waals surface area contributed by atoms with E-state index in [0.29, 0.717) is 5.69 Å². The summed E-state index contributed by atoms with van der Waals surface area (Å²) in [4.78, 5) is 4.81. The van der Waals surface area contributed by atoms with Crippen molar-refractivity contribution in [3.05, 3.63) is 42.0 Å². The Morgan fingerprint density at radius 1 is 1.00 bits per heavy atom. The zero-order valence-corrected chi connectivity index (χ0v) is 14.2. The standard InChI is InChI=1S/C19H25N3O/c1-14-12-18(20)19(23-3)13-17(14)15-4-6-16(7-5-15)22-10-8-21(2)9-11-22/h4-7,12-13H,8-11,20H2,1-3H3. The van der Waals surface area contributed by atoms with Crippen molar-refractivity contribution >= 4 is 11.4 Å². The molecule has 0 bridgehead atoms.